The zero-order valence-corrected chi connectivity index (χ0v) is 12.3. The average Bonchev–Trinajstić information content (AvgIpc) is 2.90. The molecule has 2 rings (SSSR count). The van der Waals surface area contributed by atoms with E-state index in [-0.39, 0.29) is 5.88 Å². The van der Waals surface area contributed by atoms with Gasteiger partial charge in [-0.3, -0.25) is 10.1 Å². The van der Waals surface area contributed by atoms with Gasteiger partial charge in [-0.25, -0.2) is 0 Å². The number of halogens is 1. The smallest absolute Gasteiger partial charge is 0.433 e. The third-order valence-corrected chi connectivity index (χ3v) is 3.20. The van der Waals surface area contributed by atoms with Gasteiger partial charge in [0.25, 0.3) is 0 Å². The average molecular weight is 341 g/mol. The zero-order valence-electron chi connectivity index (χ0n) is 10.7. The lowest BCUT2D eigenvalue weighted by molar-refractivity contribution is -0.402. The van der Waals surface area contributed by atoms with Crippen LogP contribution in [0.15, 0.2) is 39.2 Å². The number of hydrogen-bond donors (Lipinski definition) is 1. The first-order valence-corrected chi connectivity index (χ1v) is 6.74. The van der Waals surface area contributed by atoms with Crippen LogP contribution in [-0.2, 0) is 0 Å². The molecular weight excluding hydrogens is 328 g/mol. The Hall–Kier alpha value is -1.86. The summed E-state index contributed by atoms with van der Waals surface area (Å²) in [6, 6.07) is 7.59. The Morgan fingerprint density at radius 3 is 2.80 bits per heavy atom. The van der Waals surface area contributed by atoms with Crippen molar-refractivity contribution in [2.45, 2.75) is 13.0 Å². The van der Waals surface area contributed by atoms with E-state index in [2.05, 4.69) is 15.9 Å². The molecule has 7 heteroatoms. The van der Waals surface area contributed by atoms with E-state index in [0.717, 1.165) is 4.47 Å². The summed E-state index contributed by atoms with van der Waals surface area (Å²) in [6.07, 6.45) is 0. The maximum Gasteiger partial charge on any atom is 0.433 e. The molecule has 0 radical (unpaired) electrons. The van der Waals surface area contributed by atoms with E-state index in [1.165, 1.54) is 12.1 Å². The molecule has 0 fully saturated rings. The molecule has 106 valence electrons. The highest BCUT2D eigenvalue weighted by Crippen LogP contribution is 2.33. The molecule has 0 bridgehead atoms. The van der Waals surface area contributed by atoms with E-state index < -0.39 is 11.0 Å². The highest BCUT2D eigenvalue weighted by atomic mass is 79.9. The van der Waals surface area contributed by atoms with Crippen molar-refractivity contribution in [1.29, 1.82) is 0 Å². The van der Waals surface area contributed by atoms with E-state index in [1.807, 2.05) is 19.1 Å². The van der Waals surface area contributed by atoms with Gasteiger partial charge in [0.2, 0.25) is 0 Å². The number of nitrogens with zero attached hydrogens (tertiary/aromatic N) is 1. The number of ether oxygens (including phenoxy) is 1. The summed E-state index contributed by atoms with van der Waals surface area (Å²) in [7, 11) is 0. The van der Waals surface area contributed by atoms with Crippen LogP contribution in [-0.4, -0.2) is 11.5 Å². The topological polar surface area (TPSA) is 91.5 Å². The van der Waals surface area contributed by atoms with Gasteiger partial charge in [0, 0.05) is 10.0 Å². The number of rotatable bonds is 5. The second-order valence-corrected chi connectivity index (χ2v) is 4.94. The van der Waals surface area contributed by atoms with Crippen molar-refractivity contribution in [2.24, 2.45) is 5.73 Å². The van der Waals surface area contributed by atoms with Gasteiger partial charge in [-0.1, -0.05) is 15.9 Å². The lowest BCUT2D eigenvalue weighted by Crippen LogP contribution is -2.13. The monoisotopic (exact) mass is 340 g/mol. The van der Waals surface area contributed by atoms with E-state index in [9.17, 15) is 10.1 Å². The summed E-state index contributed by atoms with van der Waals surface area (Å²) in [4.78, 5) is 10.0. The standard InChI is InChI=1S/C13H13BrN2O4/c1-2-19-10-4-3-8(14)7-9(10)13(15)11-5-6-12(20-11)16(17)18/h3-7,13H,2,15H2,1H3. The van der Waals surface area contributed by atoms with Crippen LogP contribution in [0.2, 0.25) is 0 Å². The van der Waals surface area contributed by atoms with Crippen molar-refractivity contribution in [1.82, 2.24) is 0 Å². The van der Waals surface area contributed by atoms with E-state index in [1.54, 1.807) is 6.07 Å². The number of furan rings is 1. The lowest BCUT2D eigenvalue weighted by Gasteiger charge is -2.15. The number of nitro groups is 1. The van der Waals surface area contributed by atoms with Gasteiger partial charge >= 0.3 is 5.88 Å². The highest BCUT2D eigenvalue weighted by Gasteiger charge is 2.21. The summed E-state index contributed by atoms with van der Waals surface area (Å²) in [5.41, 5.74) is 6.81. The Morgan fingerprint density at radius 1 is 1.45 bits per heavy atom. The molecule has 1 atom stereocenters. The predicted molar refractivity (Wildman–Crippen MR) is 76.7 cm³/mol. The van der Waals surface area contributed by atoms with Crippen molar-refractivity contribution >= 4 is 21.8 Å². The quantitative estimate of drug-likeness (QED) is 0.665. The van der Waals surface area contributed by atoms with Gasteiger partial charge in [-0.2, -0.15) is 0 Å². The van der Waals surface area contributed by atoms with Crippen LogP contribution < -0.4 is 10.5 Å². The van der Waals surface area contributed by atoms with E-state index in [4.69, 9.17) is 14.9 Å². The van der Waals surface area contributed by atoms with Crippen LogP contribution in [0.1, 0.15) is 24.3 Å². The molecule has 0 aliphatic carbocycles. The molecule has 1 aromatic carbocycles. The Balaban J connectivity index is 2.38. The van der Waals surface area contributed by atoms with Crippen molar-refractivity contribution in [3.63, 3.8) is 0 Å². The third kappa shape index (κ3) is 3.00. The van der Waals surface area contributed by atoms with Crippen molar-refractivity contribution < 1.29 is 14.1 Å². The minimum atomic E-state index is -0.636. The summed E-state index contributed by atoms with van der Waals surface area (Å²) < 4.78 is 11.5. The van der Waals surface area contributed by atoms with Gasteiger partial charge in [-0.05, 0) is 31.2 Å². The first-order valence-electron chi connectivity index (χ1n) is 5.95. The lowest BCUT2D eigenvalue weighted by atomic mass is 10.0. The van der Waals surface area contributed by atoms with Crippen LogP contribution in [0.25, 0.3) is 0 Å². The number of hydrogen-bond acceptors (Lipinski definition) is 5. The summed E-state index contributed by atoms with van der Waals surface area (Å²) in [6.45, 7) is 2.37. The second-order valence-electron chi connectivity index (χ2n) is 4.03. The minimum absolute atomic E-state index is 0.316. The molecule has 1 aromatic heterocycles. The SMILES string of the molecule is CCOc1ccc(Br)cc1C(N)c1ccc([N+](=O)[O-])o1. The maximum absolute atomic E-state index is 10.6. The van der Waals surface area contributed by atoms with Gasteiger partial charge in [0.15, 0.2) is 0 Å². The fourth-order valence-corrected chi connectivity index (χ4v) is 2.19. The molecule has 0 saturated heterocycles. The van der Waals surface area contributed by atoms with Crippen LogP contribution >= 0.6 is 15.9 Å². The van der Waals surface area contributed by atoms with E-state index >= 15 is 0 Å². The summed E-state index contributed by atoms with van der Waals surface area (Å²) in [5.74, 6) is 0.612. The largest absolute Gasteiger partial charge is 0.494 e. The summed E-state index contributed by atoms with van der Waals surface area (Å²) in [5, 5.41) is 10.6. The van der Waals surface area contributed by atoms with Crippen LogP contribution in [0.3, 0.4) is 0 Å². The Kier molecular flexibility index (Phi) is 4.41. The van der Waals surface area contributed by atoms with Gasteiger partial charge < -0.3 is 14.9 Å². The van der Waals surface area contributed by atoms with Crippen molar-refractivity contribution in [3.05, 3.63) is 56.2 Å². The molecule has 1 unspecified atom stereocenters. The molecule has 6 nitrogen and oxygen atoms in total. The maximum atomic E-state index is 10.6. The fraction of sp³-hybridized carbons (Fsp3) is 0.231. The van der Waals surface area contributed by atoms with Crippen molar-refractivity contribution in [2.75, 3.05) is 6.61 Å². The summed E-state index contributed by atoms with van der Waals surface area (Å²) >= 11 is 3.37. The fourth-order valence-electron chi connectivity index (χ4n) is 1.81. The first-order chi connectivity index (χ1) is 9.52. The van der Waals surface area contributed by atoms with Crippen LogP contribution in [0, 0.1) is 10.1 Å². The predicted octanol–water partition coefficient (Wildman–Crippen LogP) is 3.40. The van der Waals surface area contributed by atoms with Crippen molar-refractivity contribution in [3.8, 4) is 5.75 Å². The molecule has 0 amide bonds. The molecule has 0 aliphatic rings. The highest BCUT2D eigenvalue weighted by molar-refractivity contribution is 9.10. The Morgan fingerprint density at radius 2 is 2.20 bits per heavy atom. The van der Waals surface area contributed by atoms with Gasteiger partial charge in [0.1, 0.15) is 16.4 Å². The van der Waals surface area contributed by atoms with Crippen LogP contribution in [0.4, 0.5) is 5.88 Å². The van der Waals surface area contributed by atoms with E-state index in [0.29, 0.717) is 23.7 Å². The number of benzene rings is 1. The second kappa shape index (κ2) is 6.06. The molecular formula is C13H13BrN2O4. The number of nitrogens with two attached hydrogens (primary N) is 1. The van der Waals surface area contributed by atoms with Crippen LogP contribution in [0.5, 0.6) is 5.75 Å². The zero-order chi connectivity index (χ0) is 14.7. The van der Waals surface area contributed by atoms with Gasteiger partial charge in [-0.15, -0.1) is 0 Å². The van der Waals surface area contributed by atoms with Gasteiger partial charge in [0.05, 0.1) is 18.7 Å². The minimum Gasteiger partial charge on any atom is -0.494 e. The molecule has 0 aliphatic heterocycles. The molecule has 2 aromatic rings. The third-order valence-electron chi connectivity index (χ3n) is 2.71. The normalized spacial score (nSPS) is 12.2. The Bertz CT molecular complexity index is 627. The molecule has 1 heterocycles. The molecule has 0 saturated carbocycles. The molecule has 0 spiro atoms. The first kappa shape index (κ1) is 14.5. The molecule has 2 N–H and O–H groups in total. The molecule has 20 heavy (non-hydrogen) atoms. The Labute approximate surface area is 123 Å².